The molecule has 0 heterocycles. The van der Waals surface area contributed by atoms with Crippen molar-refractivity contribution in [2.24, 2.45) is 11.8 Å². The summed E-state index contributed by atoms with van der Waals surface area (Å²) in [5.74, 6) is -0.606. The van der Waals surface area contributed by atoms with E-state index in [4.69, 9.17) is 0 Å². The molecule has 1 aliphatic rings. The van der Waals surface area contributed by atoms with Crippen molar-refractivity contribution >= 4 is 11.8 Å². The van der Waals surface area contributed by atoms with E-state index >= 15 is 0 Å². The van der Waals surface area contributed by atoms with Crippen LogP contribution in [0.3, 0.4) is 0 Å². The normalized spacial score (nSPS) is 24.6. The summed E-state index contributed by atoms with van der Waals surface area (Å²) < 4.78 is 4.59. The number of Topliss-reactive ketones (excluding diaryl/α,β-unsaturated/α-hetero) is 1. The van der Waals surface area contributed by atoms with E-state index < -0.39 is 12.2 Å². The average molecular weight is 366 g/mol. The summed E-state index contributed by atoms with van der Waals surface area (Å²) in [5.41, 5.74) is 0. The molecular formula is C21H34O5. The predicted molar refractivity (Wildman–Crippen MR) is 102 cm³/mol. The Hall–Kier alpha value is -1.46. The second-order valence-corrected chi connectivity index (χ2v) is 7.05. The number of aliphatic hydroxyl groups excluding tert-OH is 2. The third-order valence-corrected chi connectivity index (χ3v) is 4.93. The minimum Gasteiger partial charge on any atom is -0.469 e. The molecule has 1 fully saturated rings. The van der Waals surface area contributed by atoms with E-state index in [2.05, 4.69) is 11.7 Å². The Labute approximate surface area is 157 Å². The van der Waals surface area contributed by atoms with E-state index in [0.717, 1.165) is 32.1 Å². The van der Waals surface area contributed by atoms with Crippen molar-refractivity contribution in [1.82, 2.24) is 0 Å². The van der Waals surface area contributed by atoms with Gasteiger partial charge in [-0.2, -0.15) is 0 Å². The highest BCUT2D eigenvalue weighted by atomic mass is 16.5. The molecule has 0 aromatic rings. The van der Waals surface area contributed by atoms with Crippen molar-refractivity contribution in [3.8, 4) is 0 Å². The third kappa shape index (κ3) is 8.28. The molecule has 1 aliphatic carbocycles. The molecule has 0 aromatic carbocycles. The summed E-state index contributed by atoms with van der Waals surface area (Å²) in [6, 6.07) is 0. The fraction of sp³-hybridized carbons (Fsp3) is 0.714. The largest absolute Gasteiger partial charge is 0.469 e. The van der Waals surface area contributed by atoms with Crippen LogP contribution >= 0.6 is 0 Å². The maximum absolute atomic E-state index is 12.1. The molecule has 0 spiro atoms. The monoisotopic (exact) mass is 366 g/mol. The second-order valence-electron chi connectivity index (χ2n) is 7.05. The second kappa shape index (κ2) is 12.8. The van der Waals surface area contributed by atoms with Crippen LogP contribution in [0.1, 0.15) is 64.7 Å². The highest BCUT2D eigenvalue weighted by molar-refractivity contribution is 5.84. The van der Waals surface area contributed by atoms with Crippen LogP contribution in [0, 0.1) is 11.8 Å². The number of ketones is 1. The van der Waals surface area contributed by atoms with Gasteiger partial charge in [0.05, 0.1) is 19.3 Å². The number of carbonyl (C=O) groups excluding carboxylic acids is 2. The molecule has 5 heteroatoms. The first-order valence-corrected chi connectivity index (χ1v) is 9.78. The summed E-state index contributed by atoms with van der Waals surface area (Å²) in [5, 5.41) is 20.2. The van der Waals surface area contributed by atoms with Crippen molar-refractivity contribution in [2.45, 2.75) is 76.9 Å². The van der Waals surface area contributed by atoms with Gasteiger partial charge in [-0.3, -0.25) is 9.59 Å². The minimum atomic E-state index is -0.667. The Kier molecular flexibility index (Phi) is 11.1. The summed E-state index contributed by atoms with van der Waals surface area (Å²) in [4.78, 5) is 23.2. The molecule has 148 valence electrons. The van der Waals surface area contributed by atoms with E-state index in [9.17, 15) is 19.8 Å². The third-order valence-electron chi connectivity index (χ3n) is 4.93. The Balaban J connectivity index is 2.46. The molecule has 0 aromatic heterocycles. The van der Waals surface area contributed by atoms with Crippen LogP contribution in [0.5, 0.6) is 0 Å². The molecule has 0 bridgehead atoms. The molecule has 0 aliphatic heterocycles. The molecule has 26 heavy (non-hydrogen) atoms. The molecule has 1 rings (SSSR count). The number of rotatable bonds is 12. The van der Waals surface area contributed by atoms with Gasteiger partial charge in [-0.15, -0.1) is 0 Å². The fourth-order valence-corrected chi connectivity index (χ4v) is 3.31. The molecule has 1 saturated carbocycles. The minimum absolute atomic E-state index is 0.0758. The Morgan fingerprint density at radius 2 is 2.08 bits per heavy atom. The van der Waals surface area contributed by atoms with E-state index in [0.29, 0.717) is 19.3 Å². The lowest BCUT2D eigenvalue weighted by atomic mass is 9.90. The van der Waals surface area contributed by atoms with Crippen LogP contribution < -0.4 is 0 Å². The SMILES string of the molecule is CCCCCC(O)/C=C/[C@H]1C(O)CC(=O)[C@@H]1C/C=C\CCCC(=O)OC. The van der Waals surface area contributed by atoms with Gasteiger partial charge in [0.25, 0.3) is 0 Å². The molecule has 4 atom stereocenters. The molecule has 0 radical (unpaired) electrons. The predicted octanol–water partition coefficient (Wildman–Crippen LogP) is 3.34. The smallest absolute Gasteiger partial charge is 0.305 e. The van der Waals surface area contributed by atoms with Crippen molar-refractivity contribution < 1.29 is 24.5 Å². The van der Waals surface area contributed by atoms with Gasteiger partial charge in [0.15, 0.2) is 0 Å². The van der Waals surface area contributed by atoms with Crippen LogP contribution in [0.15, 0.2) is 24.3 Å². The van der Waals surface area contributed by atoms with Crippen LogP contribution in [0.4, 0.5) is 0 Å². The number of esters is 1. The van der Waals surface area contributed by atoms with Gasteiger partial charge in [0, 0.05) is 24.7 Å². The van der Waals surface area contributed by atoms with Crippen LogP contribution in [-0.4, -0.2) is 41.3 Å². The number of carbonyl (C=O) groups is 2. The zero-order chi connectivity index (χ0) is 19.4. The highest BCUT2D eigenvalue weighted by Gasteiger charge is 2.39. The molecule has 0 saturated heterocycles. The number of aliphatic hydroxyl groups is 2. The number of allylic oxidation sites excluding steroid dienone is 2. The summed E-state index contributed by atoms with van der Waals surface area (Å²) in [6.07, 6.45) is 12.8. The maximum Gasteiger partial charge on any atom is 0.305 e. The van der Waals surface area contributed by atoms with Crippen LogP contribution in [-0.2, 0) is 14.3 Å². The lowest BCUT2D eigenvalue weighted by Crippen LogP contribution is -2.18. The van der Waals surface area contributed by atoms with Gasteiger partial charge in [-0.05, 0) is 25.7 Å². The first kappa shape index (κ1) is 22.6. The first-order chi connectivity index (χ1) is 12.5. The van der Waals surface area contributed by atoms with Crippen LogP contribution in [0.25, 0.3) is 0 Å². The summed E-state index contributed by atoms with van der Waals surface area (Å²) >= 11 is 0. The van der Waals surface area contributed by atoms with Gasteiger partial charge in [-0.1, -0.05) is 50.5 Å². The van der Waals surface area contributed by atoms with E-state index in [1.54, 1.807) is 6.08 Å². The van der Waals surface area contributed by atoms with Gasteiger partial charge in [0.2, 0.25) is 0 Å². The van der Waals surface area contributed by atoms with Gasteiger partial charge >= 0.3 is 5.97 Å². The lowest BCUT2D eigenvalue weighted by molar-refractivity contribution is -0.140. The van der Waals surface area contributed by atoms with Crippen molar-refractivity contribution in [3.05, 3.63) is 24.3 Å². The highest BCUT2D eigenvalue weighted by Crippen LogP contribution is 2.33. The van der Waals surface area contributed by atoms with Gasteiger partial charge in [-0.25, -0.2) is 0 Å². The molecule has 2 N–H and O–H groups in total. The van der Waals surface area contributed by atoms with Crippen LogP contribution in [0.2, 0.25) is 0 Å². The zero-order valence-electron chi connectivity index (χ0n) is 16.1. The topological polar surface area (TPSA) is 83.8 Å². The summed E-state index contributed by atoms with van der Waals surface area (Å²) in [6.45, 7) is 2.12. The number of hydrogen-bond acceptors (Lipinski definition) is 5. The average Bonchev–Trinajstić information content (AvgIpc) is 2.89. The number of ether oxygens (including phenoxy) is 1. The molecule has 2 unspecified atom stereocenters. The Morgan fingerprint density at radius 1 is 1.31 bits per heavy atom. The maximum atomic E-state index is 12.1. The quantitative estimate of drug-likeness (QED) is 0.314. The fourth-order valence-electron chi connectivity index (χ4n) is 3.31. The molecule has 5 nitrogen and oxygen atoms in total. The number of unbranched alkanes of at least 4 members (excludes halogenated alkanes) is 3. The van der Waals surface area contributed by atoms with Crippen molar-refractivity contribution in [3.63, 3.8) is 0 Å². The van der Waals surface area contributed by atoms with E-state index in [-0.39, 0.29) is 30.0 Å². The van der Waals surface area contributed by atoms with E-state index in [1.165, 1.54) is 7.11 Å². The zero-order valence-corrected chi connectivity index (χ0v) is 16.1. The molecule has 0 amide bonds. The Morgan fingerprint density at radius 3 is 2.77 bits per heavy atom. The van der Waals surface area contributed by atoms with Crippen molar-refractivity contribution in [1.29, 1.82) is 0 Å². The summed E-state index contributed by atoms with van der Waals surface area (Å²) in [7, 11) is 1.38. The lowest BCUT2D eigenvalue weighted by Gasteiger charge is -2.16. The Bertz CT molecular complexity index is 483. The number of methoxy groups -OCH3 is 1. The molecular weight excluding hydrogens is 332 g/mol. The van der Waals surface area contributed by atoms with Crippen molar-refractivity contribution in [2.75, 3.05) is 7.11 Å². The van der Waals surface area contributed by atoms with Gasteiger partial charge in [0.1, 0.15) is 5.78 Å². The standard InChI is InChI=1S/C21H34O5/c1-3-4-7-10-16(22)13-14-18-17(19(23)15-20(18)24)11-8-5-6-9-12-21(25)26-2/h5,8,13-14,16-18,20,22,24H,3-4,6-7,9-12,15H2,1-2H3/b8-5-,14-13+/t16?,17-,18-,20?/m1/s1. The first-order valence-electron chi connectivity index (χ1n) is 9.78. The van der Waals surface area contributed by atoms with E-state index in [1.807, 2.05) is 18.2 Å². The number of hydrogen-bond donors (Lipinski definition) is 2. The van der Waals surface area contributed by atoms with Gasteiger partial charge < -0.3 is 14.9 Å².